The molecule has 0 N–H and O–H groups in total. The summed E-state index contributed by atoms with van der Waals surface area (Å²) in [4.78, 5) is 15.7. The Labute approximate surface area is 205 Å². The first-order valence-electron chi connectivity index (χ1n) is 11.5. The zero-order valence-corrected chi connectivity index (χ0v) is 21.7. The molecular weight excluding hydrogens is 504 g/mol. The van der Waals surface area contributed by atoms with Crippen molar-refractivity contribution in [3.8, 4) is 5.75 Å². The summed E-state index contributed by atoms with van der Waals surface area (Å²) in [6.45, 7) is 7.95. The summed E-state index contributed by atoms with van der Waals surface area (Å²) in [7, 11) is -4.01. The Balaban J connectivity index is 1.77. The van der Waals surface area contributed by atoms with E-state index < -0.39 is 16.1 Å². The molecule has 3 atom stereocenters. The smallest absolute Gasteiger partial charge is 0.247 e. The van der Waals surface area contributed by atoms with E-state index in [9.17, 15) is 13.2 Å². The number of amides is 1. The van der Waals surface area contributed by atoms with Crippen LogP contribution in [0, 0.1) is 11.8 Å². The van der Waals surface area contributed by atoms with Crippen LogP contribution in [0.1, 0.15) is 38.3 Å². The fraction of sp³-hybridized carbons (Fsp3) is 0.480. The Morgan fingerprint density at radius 1 is 1.09 bits per heavy atom. The number of hydrogen-bond donors (Lipinski definition) is 0. The van der Waals surface area contributed by atoms with Crippen LogP contribution in [-0.4, -0.2) is 49.3 Å². The summed E-state index contributed by atoms with van der Waals surface area (Å²) < 4.78 is 35.7. The Morgan fingerprint density at radius 2 is 1.76 bits per heavy atom. The highest BCUT2D eigenvalue weighted by molar-refractivity contribution is 9.10. The van der Waals surface area contributed by atoms with E-state index in [0.717, 1.165) is 17.5 Å². The number of fused-ring (bicyclic) bond motifs is 1. The lowest BCUT2D eigenvalue weighted by atomic mass is 9.90. The topological polar surface area (TPSA) is 66.9 Å². The van der Waals surface area contributed by atoms with Gasteiger partial charge < -0.3 is 9.64 Å². The molecule has 4 rings (SSSR count). The average molecular weight is 536 g/mol. The second-order valence-corrected chi connectivity index (χ2v) is 12.0. The van der Waals surface area contributed by atoms with Crippen molar-refractivity contribution in [2.24, 2.45) is 11.8 Å². The summed E-state index contributed by atoms with van der Waals surface area (Å²) in [6, 6.07) is 12.0. The van der Waals surface area contributed by atoms with E-state index in [1.165, 1.54) is 4.31 Å². The molecule has 0 bridgehead atoms. The van der Waals surface area contributed by atoms with Gasteiger partial charge in [0.05, 0.1) is 6.61 Å². The van der Waals surface area contributed by atoms with E-state index in [2.05, 4.69) is 29.8 Å². The molecule has 1 saturated heterocycles. The average Bonchev–Trinajstić information content (AvgIpc) is 2.78. The number of rotatable bonds is 5. The fourth-order valence-corrected chi connectivity index (χ4v) is 7.33. The minimum atomic E-state index is -4.01. The first-order valence-corrected chi connectivity index (χ1v) is 13.7. The van der Waals surface area contributed by atoms with Crippen LogP contribution in [0.4, 0.5) is 0 Å². The van der Waals surface area contributed by atoms with Gasteiger partial charge in [-0.1, -0.05) is 54.0 Å². The molecule has 178 valence electrons. The fourth-order valence-electron chi connectivity index (χ4n) is 5.10. The molecule has 3 unspecified atom stereocenters. The number of carbonyl (C=O) groups excluding carboxylic acids is 1. The molecule has 2 aliphatic heterocycles. The SMILES string of the molecule is CCOc1ccc(Br)cc1S(=O)(=O)N1Cc2ccccc2CC1C(=O)N1CC(C)CC(C)C1. The van der Waals surface area contributed by atoms with Gasteiger partial charge in [-0.2, -0.15) is 4.31 Å². The van der Waals surface area contributed by atoms with Crippen molar-refractivity contribution in [3.63, 3.8) is 0 Å². The van der Waals surface area contributed by atoms with Gasteiger partial charge in [0.1, 0.15) is 16.7 Å². The standard InChI is InChI=1S/C25H31BrN2O4S/c1-4-32-23-10-9-21(26)13-24(23)33(30,31)28-16-20-8-6-5-7-19(20)12-22(28)25(29)27-14-17(2)11-18(3)15-27/h5-10,13,17-18,22H,4,11-12,14-16H2,1-3H3. The molecular formula is C25H31BrN2O4S. The molecule has 0 aromatic heterocycles. The van der Waals surface area contributed by atoms with E-state index in [1.54, 1.807) is 18.2 Å². The Kier molecular flexibility index (Phi) is 7.17. The van der Waals surface area contributed by atoms with E-state index in [-0.39, 0.29) is 17.3 Å². The second-order valence-electron chi connectivity index (χ2n) is 9.25. The Bertz CT molecular complexity index is 1130. The molecule has 2 aromatic rings. The zero-order chi connectivity index (χ0) is 23.8. The molecule has 2 aliphatic rings. The third kappa shape index (κ3) is 4.98. The number of piperidine rings is 1. The summed E-state index contributed by atoms with van der Waals surface area (Å²) in [5, 5.41) is 0. The number of hydrogen-bond acceptors (Lipinski definition) is 4. The molecule has 0 radical (unpaired) electrons. The number of ether oxygens (including phenoxy) is 1. The maximum atomic E-state index is 14.0. The summed E-state index contributed by atoms with van der Waals surface area (Å²) in [5.74, 6) is 0.979. The van der Waals surface area contributed by atoms with Crippen molar-refractivity contribution in [1.29, 1.82) is 0 Å². The third-order valence-electron chi connectivity index (χ3n) is 6.46. The second kappa shape index (κ2) is 9.76. The minimum Gasteiger partial charge on any atom is -0.492 e. The molecule has 0 saturated carbocycles. The number of likely N-dealkylation sites (tertiary alicyclic amines) is 1. The first kappa shape index (κ1) is 24.2. The van der Waals surface area contributed by atoms with Crippen LogP contribution in [-0.2, 0) is 27.8 Å². The van der Waals surface area contributed by atoms with Crippen molar-refractivity contribution in [1.82, 2.24) is 9.21 Å². The highest BCUT2D eigenvalue weighted by Gasteiger charge is 2.43. The monoisotopic (exact) mass is 534 g/mol. The van der Waals surface area contributed by atoms with Crippen molar-refractivity contribution >= 4 is 31.9 Å². The van der Waals surface area contributed by atoms with Crippen LogP contribution in [0.25, 0.3) is 0 Å². The van der Waals surface area contributed by atoms with Gasteiger partial charge in [0.2, 0.25) is 15.9 Å². The number of sulfonamides is 1. The number of halogens is 1. The van der Waals surface area contributed by atoms with Gasteiger partial charge in [-0.3, -0.25) is 4.79 Å². The summed E-state index contributed by atoms with van der Waals surface area (Å²) in [6.07, 6.45) is 1.44. The van der Waals surface area contributed by atoms with Crippen molar-refractivity contribution < 1.29 is 17.9 Å². The number of nitrogens with zero attached hydrogens (tertiary/aromatic N) is 2. The molecule has 1 amide bonds. The molecule has 2 aromatic carbocycles. The van der Waals surface area contributed by atoms with Gasteiger partial charge in [-0.15, -0.1) is 0 Å². The summed E-state index contributed by atoms with van der Waals surface area (Å²) >= 11 is 3.40. The van der Waals surface area contributed by atoms with Crippen molar-refractivity contribution in [3.05, 3.63) is 58.1 Å². The number of carbonyl (C=O) groups is 1. The van der Waals surface area contributed by atoms with Crippen LogP contribution < -0.4 is 4.74 Å². The van der Waals surface area contributed by atoms with E-state index in [4.69, 9.17) is 4.74 Å². The van der Waals surface area contributed by atoms with Gasteiger partial charge in [0.25, 0.3) is 0 Å². The highest BCUT2D eigenvalue weighted by Crippen LogP contribution is 2.36. The van der Waals surface area contributed by atoms with E-state index >= 15 is 0 Å². The molecule has 0 spiro atoms. The van der Waals surface area contributed by atoms with Crippen LogP contribution in [0.3, 0.4) is 0 Å². The molecule has 1 fully saturated rings. The van der Waals surface area contributed by atoms with E-state index in [1.807, 2.05) is 36.1 Å². The maximum Gasteiger partial charge on any atom is 0.247 e. The van der Waals surface area contributed by atoms with Crippen LogP contribution in [0.2, 0.25) is 0 Å². The number of benzene rings is 2. The van der Waals surface area contributed by atoms with E-state index in [0.29, 0.717) is 48.2 Å². The van der Waals surface area contributed by atoms with Gasteiger partial charge in [-0.25, -0.2) is 8.42 Å². The lowest BCUT2D eigenvalue weighted by Gasteiger charge is -2.41. The normalized spacial score (nSPS) is 23.8. The van der Waals surface area contributed by atoms with Gasteiger partial charge in [0, 0.05) is 24.1 Å². The molecule has 2 heterocycles. The Hall–Kier alpha value is -1.90. The summed E-state index contributed by atoms with van der Waals surface area (Å²) in [5.41, 5.74) is 1.96. The quantitative estimate of drug-likeness (QED) is 0.567. The zero-order valence-electron chi connectivity index (χ0n) is 19.3. The largest absolute Gasteiger partial charge is 0.492 e. The Morgan fingerprint density at radius 3 is 2.42 bits per heavy atom. The third-order valence-corrected chi connectivity index (χ3v) is 8.83. The van der Waals surface area contributed by atoms with Gasteiger partial charge in [-0.05, 0) is 60.9 Å². The molecule has 33 heavy (non-hydrogen) atoms. The van der Waals surface area contributed by atoms with Crippen LogP contribution in [0.15, 0.2) is 51.8 Å². The van der Waals surface area contributed by atoms with Crippen LogP contribution in [0.5, 0.6) is 5.75 Å². The van der Waals surface area contributed by atoms with Gasteiger partial charge >= 0.3 is 0 Å². The highest BCUT2D eigenvalue weighted by atomic mass is 79.9. The molecule has 0 aliphatic carbocycles. The maximum absolute atomic E-state index is 14.0. The van der Waals surface area contributed by atoms with Crippen molar-refractivity contribution in [2.75, 3.05) is 19.7 Å². The predicted octanol–water partition coefficient (Wildman–Crippen LogP) is 4.47. The minimum absolute atomic E-state index is 0.0799. The lowest BCUT2D eigenvalue weighted by Crippen LogP contribution is -2.56. The van der Waals surface area contributed by atoms with Crippen molar-refractivity contribution in [2.45, 2.75) is 51.1 Å². The van der Waals surface area contributed by atoms with Gasteiger partial charge in [0.15, 0.2) is 0 Å². The predicted molar refractivity (Wildman–Crippen MR) is 131 cm³/mol. The molecule has 8 heteroatoms. The lowest BCUT2D eigenvalue weighted by molar-refractivity contribution is -0.138. The molecule has 6 nitrogen and oxygen atoms in total. The first-order chi connectivity index (χ1) is 15.7. The van der Waals surface area contributed by atoms with Crippen LogP contribution >= 0.6 is 15.9 Å².